The summed E-state index contributed by atoms with van der Waals surface area (Å²) in [6.07, 6.45) is 1.18. The van der Waals surface area contributed by atoms with Crippen molar-refractivity contribution in [1.29, 1.82) is 0 Å². The van der Waals surface area contributed by atoms with Gasteiger partial charge in [0, 0.05) is 6.54 Å². The largest absolute Gasteiger partial charge is 0.320 e. The third kappa shape index (κ3) is 3.95. The lowest BCUT2D eigenvalue weighted by Gasteiger charge is -2.12. The van der Waals surface area contributed by atoms with Crippen LogP contribution in [0.2, 0.25) is 0 Å². The predicted octanol–water partition coefficient (Wildman–Crippen LogP) is 2.31. The van der Waals surface area contributed by atoms with Gasteiger partial charge in [-0.3, -0.25) is 0 Å². The first-order valence-electron chi connectivity index (χ1n) is 6.07. The van der Waals surface area contributed by atoms with Crippen molar-refractivity contribution in [1.82, 2.24) is 10.6 Å². The zero-order valence-corrected chi connectivity index (χ0v) is 11.0. The molecule has 1 aromatic carbocycles. The molecule has 0 aromatic heterocycles. The molecular formula is C14H24N2. The zero-order chi connectivity index (χ0) is 12.0. The highest BCUT2D eigenvalue weighted by Gasteiger charge is 2.02. The van der Waals surface area contributed by atoms with E-state index in [1.807, 2.05) is 7.05 Å². The first-order chi connectivity index (χ1) is 7.65. The molecule has 0 heterocycles. The summed E-state index contributed by atoms with van der Waals surface area (Å²) in [6.45, 7) is 9.70. The van der Waals surface area contributed by atoms with Crippen molar-refractivity contribution < 1.29 is 0 Å². The zero-order valence-electron chi connectivity index (χ0n) is 11.0. The van der Waals surface area contributed by atoms with E-state index in [-0.39, 0.29) is 0 Å². The van der Waals surface area contributed by atoms with Gasteiger partial charge < -0.3 is 10.6 Å². The van der Waals surface area contributed by atoms with E-state index in [1.165, 1.54) is 28.7 Å². The summed E-state index contributed by atoms with van der Waals surface area (Å²) < 4.78 is 0. The molecule has 0 bridgehead atoms. The molecule has 16 heavy (non-hydrogen) atoms. The molecule has 1 aromatic rings. The van der Waals surface area contributed by atoms with Crippen molar-refractivity contribution in [2.75, 3.05) is 20.1 Å². The van der Waals surface area contributed by atoms with Gasteiger partial charge >= 0.3 is 0 Å². The Bertz CT molecular complexity index is 309. The van der Waals surface area contributed by atoms with Crippen LogP contribution in [0.25, 0.3) is 0 Å². The number of aryl methyl sites for hydroxylation is 3. The molecule has 0 aliphatic carbocycles. The molecule has 0 aliphatic heterocycles. The molecule has 0 radical (unpaired) electrons. The Labute approximate surface area is 99.5 Å². The molecule has 0 aliphatic rings. The minimum atomic E-state index is 0.988. The van der Waals surface area contributed by atoms with E-state index in [0.717, 1.165) is 19.6 Å². The van der Waals surface area contributed by atoms with Crippen molar-refractivity contribution in [2.24, 2.45) is 0 Å². The first kappa shape index (κ1) is 13.2. The average Bonchev–Trinajstić information content (AvgIpc) is 2.20. The Hall–Kier alpha value is -0.860. The van der Waals surface area contributed by atoms with Crippen LogP contribution in [0.15, 0.2) is 12.1 Å². The number of benzene rings is 1. The fraction of sp³-hybridized carbons (Fsp3) is 0.571. The maximum atomic E-state index is 3.50. The van der Waals surface area contributed by atoms with Gasteiger partial charge in [-0.2, -0.15) is 0 Å². The lowest BCUT2D eigenvalue weighted by Crippen LogP contribution is -2.20. The van der Waals surface area contributed by atoms with Crippen LogP contribution < -0.4 is 10.6 Å². The third-order valence-electron chi connectivity index (χ3n) is 2.92. The van der Waals surface area contributed by atoms with E-state index in [0.29, 0.717) is 0 Å². The summed E-state index contributed by atoms with van der Waals surface area (Å²) >= 11 is 0. The number of nitrogens with one attached hydrogen (secondary N) is 2. The Morgan fingerprint density at radius 1 is 1.00 bits per heavy atom. The minimum Gasteiger partial charge on any atom is -0.320 e. The summed E-state index contributed by atoms with van der Waals surface area (Å²) in [5, 5.41) is 6.65. The normalized spacial score (nSPS) is 10.8. The van der Waals surface area contributed by atoms with Crippen molar-refractivity contribution in [3.63, 3.8) is 0 Å². The predicted molar refractivity (Wildman–Crippen MR) is 70.9 cm³/mol. The lowest BCUT2D eigenvalue weighted by molar-refractivity contribution is 0.623. The number of hydrogen-bond acceptors (Lipinski definition) is 2. The second-order valence-corrected chi connectivity index (χ2v) is 4.51. The van der Waals surface area contributed by atoms with Crippen molar-refractivity contribution in [3.05, 3.63) is 34.4 Å². The molecule has 90 valence electrons. The van der Waals surface area contributed by atoms with Gasteiger partial charge in [0.2, 0.25) is 0 Å². The molecule has 2 nitrogen and oxygen atoms in total. The minimum absolute atomic E-state index is 0.988. The van der Waals surface area contributed by atoms with Gasteiger partial charge in [0.1, 0.15) is 0 Å². The van der Waals surface area contributed by atoms with E-state index in [1.54, 1.807) is 0 Å². The molecule has 2 heteroatoms. The van der Waals surface area contributed by atoms with Gasteiger partial charge in [-0.25, -0.2) is 0 Å². The number of hydrogen-bond donors (Lipinski definition) is 2. The topological polar surface area (TPSA) is 24.1 Å². The summed E-state index contributed by atoms with van der Waals surface area (Å²) in [5.41, 5.74) is 5.61. The second kappa shape index (κ2) is 6.66. The highest BCUT2D eigenvalue weighted by atomic mass is 14.9. The monoisotopic (exact) mass is 220 g/mol. The van der Waals surface area contributed by atoms with E-state index < -0.39 is 0 Å². The smallest absolute Gasteiger partial charge is 0.0210 e. The Kier molecular flexibility index (Phi) is 5.50. The fourth-order valence-corrected chi connectivity index (χ4v) is 2.09. The van der Waals surface area contributed by atoms with Crippen LogP contribution in [-0.4, -0.2) is 20.1 Å². The average molecular weight is 220 g/mol. The van der Waals surface area contributed by atoms with E-state index in [9.17, 15) is 0 Å². The van der Waals surface area contributed by atoms with Gasteiger partial charge in [-0.1, -0.05) is 17.7 Å². The molecule has 0 unspecified atom stereocenters. The highest BCUT2D eigenvalue weighted by Crippen LogP contribution is 2.15. The van der Waals surface area contributed by atoms with Crippen LogP contribution in [0, 0.1) is 20.8 Å². The maximum Gasteiger partial charge on any atom is 0.0210 e. The van der Waals surface area contributed by atoms with E-state index >= 15 is 0 Å². The van der Waals surface area contributed by atoms with Gasteiger partial charge in [0.05, 0.1) is 0 Å². The van der Waals surface area contributed by atoms with E-state index in [4.69, 9.17) is 0 Å². The lowest BCUT2D eigenvalue weighted by atomic mass is 10.00. The molecule has 0 saturated carbocycles. The van der Waals surface area contributed by atoms with Gasteiger partial charge in [-0.15, -0.1) is 0 Å². The summed E-state index contributed by atoms with van der Waals surface area (Å²) in [5.74, 6) is 0. The third-order valence-corrected chi connectivity index (χ3v) is 2.92. The Morgan fingerprint density at radius 2 is 1.62 bits per heavy atom. The molecule has 0 spiro atoms. The van der Waals surface area contributed by atoms with Crippen LogP contribution in [0.1, 0.15) is 28.7 Å². The quantitative estimate of drug-likeness (QED) is 0.719. The second-order valence-electron chi connectivity index (χ2n) is 4.51. The Morgan fingerprint density at radius 3 is 2.19 bits per heavy atom. The van der Waals surface area contributed by atoms with Gasteiger partial charge in [0.25, 0.3) is 0 Å². The Balaban J connectivity index is 2.47. The molecule has 0 fully saturated rings. The molecule has 1 rings (SSSR count). The summed E-state index contributed by atoms with van der Waals surface area (Å²) in [4.78, 5) is 0. The maximum absolute atomic E-state index is 3.50. The van der Waals surface area contributed by atoms with Crippen molar-refractivity contribution in [2.45, 2.75) is 33.7 Å². The van der Waals surface area contributed by atoms with Gasteiger partial charge in [0.15, 0.2) is 0 Å². The van der Waals surface area contributed by atoms with Crippen LogP contribution in [0.5, 0.6) is 0 Å². The standard InChI is InChI=1S/C14H24N2/c1-11-8-12(2)14(13(3)9-11)10-16-7-5-6-15-4/h8-9,15-16H,5-7,10H2,1-4H3. The number of rotatable bonds is 6. The summed E-state index contributed by atoms with van der Waals surface area (Å²) in [7, 11) is 1.99. The molecule has 0 atom stereocenters. The van der Waals surface area contributed by atoms with Crippen LogP contribution >= 0.6 is 0 Å². The molecular weight excluding hydrogens is 196 g/mol. The van der Waals surface area contributed by atoms with Crippen molar-refractivity contribution in [3.8, 4) is 0 Å². The van der Waals surface area contributed by atoms with Crippen molar-refractivity contribution >= 4 is 0 Å². The van der Waals surface area contributed by atoms with E-state index in [2.05, 4.69) is 43.5 Å². The van der Waals surface area contributed by atoms with Crippen LogP contribution in [-0.2, 0) is 6.54 Å². The van der Waals surface area contributed by atoms with Gasteiger partial charge in [-0.05, 0) is 64.0 Å². The highest BCUT2D eigenvalue weighted by molar-refractivity contribution is 5.37. The molecule has 0 amide bonds. The SMILES string of the molecule is CNCCCNCc1c(C)cc(C)cc1C. The molecule has 2 N–H and O–H groups in total. The fourth-order valence-electron chi connectivity index (χ4n) is 2.09. The molecule has 0 saturated heterocycles. The first-order valence-corrected chi connectivity index (χ1v) is 6.07. The summed E-state index contributed by atoms with van der Waals surface area (Å²) in [6, 6.07) is 4.52. The van der Waals surface area contributed by atoms with Crippen LogP contribution in [0.4, 0.5) is 0 Å². The van der Waals surface area contributed by atoms with Crippen LogP contribution in [0.3, 0.4) is 0 Å².